The number of carbonyl (C=O) groups is 2. The summed E-state index contributed by atoms with van der Waals surface area (Å²) in [6.07, 6.45) is 1.56. The van der Waals surface area contributed by atoms with Crippen molar-refractivity contribution in [2.24, 2.45) is 5.92 Å². The van der Waals surface area contributed by atoms with Crippen LogP contribution in [0.3, 0.4) is 0 Å². The van der Waals surface area contributed by atoms with Crippen LogP contribution >= 0.6 is 0 Å². The second-order valence-corrected chi connectivity index (χ2v) is 9.00. The van der Waals surface area contributed by atoms with Gasteiger partial charge in [0.05, 0.1) is 35.2 Å². The number of piperidine rings is 1. The predicted octanol–water partition coefficient (Wildman–Crippen LogP) is 4.84. The van der Waals surface area contributed by atoms with Crippen LogP contribution in [0.2, 0.25) is 0 Å². The zero-order valence-corrected chi connectivity index (χ0v) is 19.6. The molecule has 1 aromatic carbocycles. The molecule has 6 nitrogen and oxygen atoms in total. The van der Waals surface area contributed by atoms with E-state index in [9.17, 15) is 9.59 Å². The lowest BCUT2D eigenvalue weighted by Gasteiger charge is -2.32. The van der Waals surface area contributed by atoms with Crippen molar-refractivity contribution >= 4 is 11.9 Å². The lowest BCUT2D eigenvalue weighted by Crippen LogP contribution is -2.43. The molecule has 0 saturated carbocycles. The van der Waals surface area contributed by atoms with Crippen LogP contribution < -0.4 is 0 Å². The molecule has 3 rings (SSSR count). The molecule has 2 aromatic rings. The monoisotopic (exact) mass is 425 g/mol. The summed E-state index contributed by atoms with van der Waals surface area (Å²) in [5.74, 6) is -0.268. The Hall–Kier alpha value is -2.63. The molecule has 1 atom stereocenters. The van der Waals surface area contributed by atoms with E-state index in [4.69, 9.17) is 9.84 Å². The van der Waals surface area contributed by atoms with Crippen LogP contribution in [0.1, 0.15) is 86.6 Å². The molecule has 2 heterocycles. The summed E-state index contributed by atoms with van der Waals surface area (Å²) in [6.45, 7) is 13.6. The number of para-hydroxylation sites is 1. The predicted molar refractivity (Wildman–Crippen MR) is 122 cm³/mol. The topological polar surface area (TPSA) is 64.4 Å². The van der Waals surface area contributed by atoms with E-state index < -0.39 is 0 Å². The maximum atomic E-state index is 13.8. The van der Waals surface area contributed by atoms with Crippen molar-refractivity contribution in [3.8, 4) is 5.69 Å². The van der Waals surface area contributed by atoms with Crippen LogP contribution in [-0.2, 0) is 9.53 Å². The summed E-state index contributed by atoms with van der Waals surface area (Å²) in [7, 11) is 0. The van der Waals surface area contributed by atoms with Gasteiger partial charge in [0.15, 0.2) is 0 Å². The highest BCUT2D eigenvalue weighted by atomic mass is 16.5. The molecule has 1 aliphatic rings. The zero-order valence-electron chi connectivity index (χ0n) is 19.6. The fourth-order valence-corrected chi connectivity index (χ4v) is 4.36. The van der Waals surface area contributed by atoms with Gasteiger partial charge in [-0.25, -0.2) is 4.68 Å². The number of carbonyl (C=O) groups excluding carboxylic acids is 2. The fourth-order valence-electron chi connectivity index (χ4n) is 4.36. The van der Waals surface area contributed by atoms with E-state index in [1.54, 1.807) is 0 Å². The Balaban J connectivity index is 2.06. The molecule has 0 spiro atoms. The maximum absolute atomic E-state index is 13.8. The number of rotatable bonds is 6. The number of aryl methyl sites for hydroxylation is 1. The van der Waals surface area contributed by atoms with Crippen LogP contribution in [0.4, 0.5) is 0 Å². The molecule has 1 amide bonds. The van der Waals surface area contributed by atoms with Gasteiger partial charge >= 0.3 is 5.97 Å². The van der Waals surface area contributed by atoms with Gasteiger partial charge in [0.2, 0.25) is 0 Å². The Labute approximate surface area is 185 Å². The van der Waals surface area contributed by atoms with Gasteiger partial charge in [0, 0.05) is 13.1 Å². The van der Waals surface area contributed by atoms with E-state index in [2.05, 4.69) is 40.7 Å². The molecule has 0 aliphatic carbocycles. The number of hydrogen-bond acceptors (Lipinski definition) is 4. The van der Waals surface area contributed by atoms with E-state index in [-0.39, 0.29) is 29.6 Å². The van der Waals surface area contributed by atoms with E-state index in [1.165, 1.54) is 0 Å². The van der Waals surface area contributed by atoms with Gasteiger partial charge in [0.25, 0.3) is 5.91 Å². The van der Waals surface area contributed by atoms with Crippen molar-refractivity contribution in [2.45, 2.75) is 66.2 Å². The Morgan fingerprint density at radius 3 is 2.48 bits per heavy atom. The first kappa shape index (κ1) is 23.0. The van der Waals surface area contributed by atoms with Gasteiger partial charge in [-0.3, -0.25) is 9.59 Å². The van der Waals surface area contributed by atoms with Crippen LogP contribution in [0.15, 0.2) is 24.3 Å². The van der Waals surface area contributed by atoms with Crippen molar-refractivity contribution in [3.63, 3.8) is 0 Å². The number of hydrogen-bond donors (Lipinski definition) is 0. The van der Waals surface area contributed by atoms with Crippen LogP contribution in [0, 0.1) is 12.8 Å². The van der Waals surface area contributed by atoms with Crippen LogP contribution in [0.25, 0.3) is 5.69 Å². The van der Waals surface area contributed by atoms with Crippen molar-refractivity contribution in [1.82, 2.24) is 14.7 Å². The minimum Gasteiger partial charge on any atom is -0.466 e. The van der Waals surface area contributed by atoms with Gasteiger partial charge in [0.1, 0.15) is 0 Å². The molecular formula is C25H35N3O3. The molecule has 1 unspecified atom stereocenters. The Bertz CT molecular complexity index is 945. The maximum Gasteiger partial charge on any atom is 0.310 e. The van der Waals surface area contributed by atoms with Crippen molar-refractivity contribution in [2.75, 3.05) is 19.7 Å². The van der Waals surface area contributed by atoms with Crippen molar-refractivity contribution in [1.29, 1.82) is 0 Å². The highest BCUT2D eigenvalue weighted by Crippen LogP contribution is 2.32. The van der Waals surface area contributed by atoms with Gasteiger partial charge in [-0.1, -0.05) is 45.9 Å². The highest BCUT2D eigenvalue weighted by Gasteiger charge is 2.35. The number of nitrogens with zero attached hydrogens (tertiary/aromatic N) is 3. The Morgan fingerprint density at radius 1 is 1.16 bits per heavy atom. The Morgan fingerprint density at radius 2 is 1.87 bits per heavy atom. The molecule has 31 heavy (non-hydrogen) atoms. The first-order valence-corrected chi connectivity index (χ1v) is 11.4. The molecule has 1 aliphatic heterocycles. The molecule has 168 valence electrons. The quantitative estimate of drug-likeness (QED) is 0.621. The molecular weight excluding hydrogens is 390 g/mol. The van der Waals surface area contributed by atoms with Crippen LogP contribution in [-0.4, -0.2) is 46.3 Å². The molecule has 6 heteroatoms. The largest absolute Gasteiger partial charge is 0.466 e. The third kappa shape index (κ3) is 4.68. The van der Waals surface area contributed by atoms with Gasteiger partial charge in [-0.05, 0) is 50.2 Å². The van der Waals surface area contributed by atoms with E-state index in [1.807, 2.05) is 34.7 Å². The first-order valence-electron chi connectivity index (χ1n) is 11.4. The number of esters is 1. The van der Waals surface area contributed by atoms with E-state index >= 15 is 0 Å². The third-order valence-electron chi connectivity index (χ3n) is 5.93. The number of aromatic nitrogens is 2. The number of likely N-dealkylation sites (tertiary alicyclic amines) is 1. The summed E-state index contributed by atoms with van der Waals surface area (Å²) < 4.78 is 7.17. The third-order valence-corrected chi connectivity index (χ3v) is 5.93. The molecule has 0 radical (unpaired) electrons. The number of benzene rings is 1. The molecule has 1 fully saturated rings. The summed E-state index contributed by atoms with van der Waals surface area (Å²) in [5, 5.41) is 4.94. The lowest BCUT2D eigenvalue weighted by atomic mass is 9.94. The second kappa shape index (κ2) is 9.67. The van der Waals surface area contributed by atoms with Crippen molar-refractivity contribution in [3.05, 3.63) is 46.8 Å². The van der Waals surface area contributed by atoms with E-state index in [0.717, 1.165) is 35.5 Å². The van der Waals surface area contributed by atoms with Gasteiger partial charge in [-0.15, -0.1) is 0 Å². The highest BCUT2D eigenvalue weighted by molar-refractivity contribution is 5.97. The van der Waals surface area contributed by atoms with Crippen molar-refractivity contribution < 1.29 is 14.3 Å². The number of ether oxygens (including phenoxy) is 1. The molecule has 0 bridgehead atoms. The summed E-state index contributed by atoms with van der Waals surface area (Å²) in [4.78, 5) is 28.0. The average molecular weight is 426 g/mol. The van der Waals surface area contributed by atoms with Gasteiger partial charge < -0.3 is 9.64 Å². The average Bonchev–Trinajstić information content (AvgIpc) is 3.15. The molecule has 1 aromatic heterocycles. The second-order valence-electron chi connectivity index (χ2n) is 9.00. The Kier molecular flexibility index (Phi) is 7.19. The SMILES string of the molecule is CCOC(=O)C1CCCN(C(=O)c2c(C(C)C)nn(-c3ccccc3C)c2C(C)C)C1. The lowest BCUT2D eigenvalue weighted by molar-refractivity contribution is -0.149. The number of amides is 1. The summed E-state index contributed by atoms with van der Waals surface area (Å²) in [5.41, 5.74) is 4.55. The summed E-state index contributed by atoms with van der Waals surface area (Å²) in [6, 6.07) is 8.12. The minimum absolute atomic E-state index is 0.0266. The zero-order chi connectivity index (χ0) is 22.7. The van der Waals surface area contributed by atoms with Gasteiger partial charge in [-0.2, -0.15) is 5.10 Å². The minimum atomic E-state index is -0.255. The smallest absolute Gasteiger partial charge is 0.310 e. The first-order chi connectivity index (χ1) is 14.8. The molecule has 0 N–H and O–H groups in total. The summed E-state index contributed by atoms with van der Waals surface area (Å²) >= 11 is 0. The van der Waals surface area contributed by atoms with Crippen LogP contribution in [0.5, 0.6) is 0 Å². The molecule has 1 saturated heterocycles. The standard InChI is InChI=1S/C25H35N3O3/c1-7-31-25(30)19-12-10-14-27(15-19)24(29)21-22(16(2)3)26-28(23(21)17(4)5)20-13-9-8-11-18(20)6/h8-9,11,13,16-17,19H,7,10,12,14-15H2,1-6H3. The fraction of sp³-hybridized carbons (Fsp3) is 0.560. The normalized spacial score (nSPS) is 16.8. The van der Waals surface area contributed by atoms with E-state index in [0.29, 0.717) is 25.3 Å².